The second-order valence-electron chi connectivity index (χ2n) is 7.33. The summed E-state index contributed by atoms with van der Waals surface area (Å²) < 4.78 is 20.9. The highest BCUT2D eigenvalue weighted by Gasteiger charge is 2.08. The minimum absolute atomic E-state index is 0.160. The highest BCUT2D eigenvalue weighted by Crippen LogP contribution is 2.13. The summed E-state index contributed by atoms with van der Waals surface area (Å²) >= 11 is 0. The zero-order valence-electron chi connectivity index (χ0n) is 18.4. The van der Waals surface area contributed by atoms with Gasteiger partial charge in [-0.15, -0.1) is 0 Å². The summed E-state index contributed by atoms with van der Waals surface area (Å²) in [4.78, 5) is 9.13. The van der Waals surface area contributed by atoms with Crippen LogP contribution in [0.2, 0.25) is 0 Å². The van der Waals surface area contributed by atoms with Gasteiger partial charge in [0.25, 0.3) is 0 Å². The zero-order chi connectivity index (χ0) is 22.2. The molecule has 1 aromatic carbocycles. The number of benzene rings is 1. The molecule has 0 aliphatic heterocycles. The predicted octanol–water partition coefficient (Wildman–Crippen LogP) is 3.55. The lowest BCUT2D eigenvalue weighted by Crippen LogP contribution is -2.41. The predicted molar refractivity (Wildman–Crippen MR) is 120 cm³/mol. The van der Waals surface area contributed by atoms with Crippen molar-refractivity contribution in [3.8, 4) is 11.6 Å². The van der Waals surface area contributed by atoms with Gasteiger partial charge in [-0.25, -0.2) is 19.0 Å². The van der Waals surface area contributed by atoms with Crippen molar-refractivity contribution < 1.29 is 9.13 Å². The van der Waals surface area contributed by atoms with Crippen molar-refractivity contribution in [3.05, 3.63) is 71.4 Å². The van der Waals surface area contributed by atoms with Crippen LogP contribution < -0.4 is 15.4 Å². The SMILES string of the molecule is CCNC(=NCc1ccc(-n2nc(C)cc2C)nc1)NCC(C)Oc1cccc(F)c1. The Labute approximate surface area is 182 Å². The summed E-state index contributed by atoms with van der Waals surface area (Å²) in [6.45, 7) is 9.65. The van der Waals surface area contributed by atoms with Crippen LogP contribution in [0.5, 0.6) is 5.75 Å². The molecule has 0 spiro atoms. The Morgan fingerprint density at radius 1 is 1.19 bits per heavy atom. The van der Waals surface area contributed by atoms with Crippen LogP contribution in [0.3, 0.4) is 0 Å². The normalized spacial score (nSPS) is 12.5. The summed E-state index contributed by atoms with van der Waals surface area (Å²) in [5.74, 6) is 1.65. The van der Waals surface area contributed by atoms with Gasteiger partial charge in [0.05, 0.1) is 18.8 Å². The number of nitrogens with zero attached hydrogens (tertiary/aromatic N) is 4. The van der Waals surface area contributed by atoms with Crippen LogP contribution in [0.25, 0.3) is 5.82 Å². The van der Waals surface area contributed by atoms with Gasteiger partial charge in [0.1, 0.15) is 17.7 Å². The van der Waals surface area contributed by atoms with Gasteiger partial charge >= 0.3 is 0 Å². The Bertz CT molecular complexity index is 1020. The second-order valence-corrected chi connectivity index (χ2v) is 7.33. The summed E-state index contributed by atoms with van der Waals surface area (Å²) in [5.41, 5.74) is 3.00. The largest absolute Gasteiger partial charge is 0.489 e. The summed E-state index contributed by atoms with van der Waals surface area (Å²) in [5, 5.41) is 10.9. The summed E-state index contributed by atoms with van der Waals surface area (Å²) in [6, 6.07) is 12.1. The summed E-state index contributed by atoms with van der Waals surface area (Å²) in [7, 11) is 0. The van der Waals surface area contributed by atoms with Crippen molar-refractivity contribution in [2.75, 3.05) is 13.1 Å². The van der Waals surface area contributed by atoms with Gasteiger partial charge in [0.2, 0.25) is 0 Å². The average molecular weight is 425 g/mol. The standard InChI is InChI=1S/C23H29FN6O/c1-5-25-23(27-13-18(4)31-21-8-6-7-20(24)12-21)28-15-19-9-10-22(26-14-19)30-17(3)11-16(2)29-30/h6-12,14,18H,5,13,15H2,1-4H3,(H2,25,27,28). The van der Waals surface area contributed by atoms with Crippen molar-refractivity contribution in [2.45, 2.75) is 40.3 Å². The van der Waals surface area contributed by atoms with Crippen LogP contribution in [-0.4, -0.2) is 39.9 Å². The molecule has 2 aromatic heterocycles. The van der Waals surface area contributed by atoms with Crippen LogP contribution in [0, 0.1) is 19.7 Å². The quantitative estimate of drug-likeness (QED) is 0.427. The molecular formula is C23H29FN6O. The molecule has 0 bridgehead atoms. The molecule has 0 fully saturated rings. The third-order valence-corrected chi connectivity index (χ3v) is 4.49. The fraction of sp³-hybridized carbons (Fsp3) is 0.348. The van der Waals surface area contributed by atoms with E-state index >= 15 is 0 Å². The monoisotopic (exact) mass is 424 g/mol. The molecule has 7 nitrogen and oxygen atoms in total. The third kappa shape index (κ3) is 6.53. The molecule has 31 heavy (non-hydrogen) atoms. The molecule has 0 saturated heterocycles. The van der Waals surface area contributed by atoms with E-state index in [-0.39, 0.29) is 11.9 Å². The number of rotatable bonds is 8. The maximum absolute atomic E-state index is 13.3. The molecule has 0 radical (unpaired) electrons. The van der Waals surface area contributed by atoms with Crippen molar-refractivity contribution >= 4 is 5.96 Å². The molecule has 1 atom stereocenters. The Hall–Kier alpha value is -3.42. The first-order valence-corrected chi connectivity index (χ1v) is 10.4. The Balaban J connectivity index is 1.57. The Morgan fingerprint density at radius 2 is 2.03 bits per heavy atom. The summed E-state index contributed by atoms with van der Waals surface area (Å²) in [6.07, 6.45) is 1.65. The van der Waals surface area contributed by atoms with Crippen molar-refractivity contribution in [1.82, 2.24) is 25.4 Å². The third-order valence-electron chi connectivity index (χ3n) is 4.49. The van der Waals surface area contributed by atoms with Gasteiger partial charge in [-0.3, -0.25) is 0 Å². The minimum Gasteiger partial charge on any atom is -0.489 e. The molecule has 1 unspecified atom stereocenters. The highest BCUT2D eigenvalue weighted by molar-refractivity contribution is 5.79. The fourth-order valence-corrected chi connectivity index (χ4v) is 3.06. The maximum atomic E-state index is 13.3. The van der Waals surface area contributed by atoms with Gasteiger partial charge in [0.15, 0.2) is 11.8 Å². The molecule has 0 aliphatic rings. The lowest BCUT2D eigenvalue weighted by Gasteiger charge is -2.17. The van der Waals surface area contributed by atoms with Gasteiger partial charge in [-0.05, 0) is 57.5 Å². The maximum Gasteiger partial charge on any atom is 0.191 e. The lowest BCUT2D eigenvalue weighted by molar-refractivity contribution is 0.223. The smallest absolute Gasteiger partial charge is 0.191 e. The zero-order valence-corrected chi connectivity index (χ0v) is 18.4. The van der Waals surface area contributed by atoms with Gasteiger partial charge in [-0.1, -0.05) is 12.1 Å². The van der Waals surface area contributed by atoms with Crippen molar-refractivity contribution in [3.63, 3.8) is 0 Å². The molecule has 0 aliphatic carbocycles. The number of guanidine groups is 1. The van der Waals surface area contributed by atoms with E-state index in [1.54, 1.807) is 12.1 Å². The highest BCUT2D eigenvalue weighted by atomic mass is 19.1. The van der Waals surface area contributed by atoms with Gasteiger partial charge in [0, 0.05) is 24.5 Å². The lowest BCUT2D eigenvalue weighted by atomic mass is 10.3. The first-order valence-electron chi connectivity index (χ1n) is 10.4. The molecular weight excluding hydrogens is 395 g/mol. The van der Waals surface area contributed by atoms with Crippen LogP contribution in [-0.2, 0) is 6.54 Å². The molecule has 3 aromatic rings. The van der Waals surface area contributed by atoms with E-state index in [1.165, 1.54) is 12.1 Å². The number of hydrogen-bond acceptors (Lipinski definition) is 4. The van der Waals surface area contributed by atoms with Crippen LogP contribution in [0.15, 0.2) is 53.7 Å². The van der Waals surface area contributed by atoms with Crippen molar-refractivity contribution in [2.24, 2.45) is 4.99 Å². The molecule has 3 rings (SSSR count). The first-order chi connectivity index (χ1) is 14.9. The van der Waals surface area contributed by atoms with Crippen LogP contribution in [0.4, 0.5) is 4.39 Å². The molecule has 2 heterocycles. The number of aryl methyl sites for hydroxylation is 2. The molecule has 8 heteroatoms. The van der Waals surface area contributed by atoms with E-state index in [2.05, 4.69) is 25.7 Å². The van der Waals surface area contributed by atoms with E-state index in [1.807, 2.05) is 56.8 Å². The van der Waals surface area contributed by atoms with Crippen molar-refractivity contribution in [1.29, 1.82) is 0 Å². The first kappa shape index (κ1) is 22.3. The van der Waals surface area contributed by atoms with Gasteiger partial charge in [-0.2, -0.15) is 5.10 Å². The van der Waals surface area contributed by atoms with Crippen LogP contribution >= 0.6 is 0 Å². The number of ether oxygens (including phenoxy) is 1. The fourth-order valence-electron chi connectivity index (χ4n) is 3.06. The van der Waals surface area contributed by atoms with E-state index in [4.69, 9.17) is 4.74 Å². The topological polar surface area (TPSA) is 76.4 Å². The van der Waals surface area contributed by atoms with E-state index in [9.17, 15) is 4.39 Å². The molecule has 2 N–H and O–H groups in total. The number of halogens is 1. The van der Waals surface area contributed by atoms with E-state index in [0.29, 0.717) is 24.8 Å². The average Bonchev–Trinajstić information content (AvgIpc) is 3.08. The Morgan fingerprint density at radius 3 is 2.68 bits per heavy atom. The van der Waals surface area contributed by atoms with E-state index in [0.717, 1.165) is 29.3 Å². The molecule has 0 amide bonds. The van der Waals surface area contributed by atoms with Gasteiger partial charge < -0.3 is 15.4 Å². The number of nitrogens with one attached hydrogen (secondary N) is 2. The molecule has 0 saturated carbocycles. The number of pyridine rings is 1. The van der Waals surface area contributed by atoms with E-state index < -0.39 is 0 Å². The number of hydrogen-bond donors (Lipinski definition) is 2. The minimum atomic E-state index is -0.315. The number of aliphatic imine (C=N–C) groups is 1. The van der Waals surface area contributed by atoms with Crippen LogP contribution in [0.1, 0.15) is 30.8 Å². The second kappa shape index (κ2) is 10.6. The molecule has 164 valence electrons. The Kier molecular flexibility index (Phi) is 7.59. The number of aromatic nitrogens is 3.